The van der Waals surface area contributed by atoms with Gasteiger partial charge in [-0.3, -0.25) is 4.90 Å². The van der Waals surface area contributed by atoms with Crippen molar-refractivity contribution in [1.29, 1.82) is 0 Å². The Balaban J connectivity index is 1.86. The molecule has 22 heavy (non-hydrogen) atoms. The number of rotatable bonds is 5. The van der Waals surface area contributed by atoms with Crippen LogP contribution in [0.15, 0.2) is 12.1 Å². The van der Waals surface area contributed by atoms with Crippen molar-refractivity contribution >= 4 is 0 Å². The number of fused-ring (bicyclic) bond motifs is 3. The van der Waals surface area contributed by atoms with Gasteiger partial charge in [-0.25, -0.2) is 0 Å². The van der Waals surface area contributed by atoms with Gasteiger partial charge in [0.1, 0.15) is 0 Å². The van der Waals surface area contributed by atoms with Gasteiger partial charge in [-0.05, 0) is 42.5 Å². The molecule has 5 heteroatoms. The fourth-order valence-corrected chi connectivity index (χ4v) is 3.81. The Kier molecular flexibility index (Phi) is 4.86. The van der Waals surface area contributed by atoms with Crippen LogP contribution in [0, 0.1) is 0 Å². The molecule has 0 aliphatic carbocycles. The molecule has 0 amide bonds. The zero-order valence-electron chi connectivity index (χ0n) is 13.6. The second-order valence-electron chi connectivity index (χ2n) is 6.17. The Hall–Kier alpha value is -1.30. The summed E-state index contributed by atoms with van der Waals surface area (Å²) in [6.45, 7) is 3.89. The van der Waals surface area contributed by atoms with Crippen molar-refractivity contribution in [2.75, 3.05) is 40.4 Å². The molecule has 2 atom stereocenters. The number of nitrogens with two attached hydrogens (primary N) is 1. The number of hydrogen-bond donors (Lipinski definition) is 2. The molecule has 0 spiro atoms. The molecule has 2 aliphatic heterocycles. The predicted molar refractivity (Wildman–Crippen MR) is 87.6 cm³/mol. The molecule has 0 bridgehead atoms. The Labute approximate surface area is 132 Å². The van der Waals surface area contributed by atoms with E-state index in [9.17, 15) is 0 Å². The summed E-state index contributed by atoms with van der Waals surface area (Å²) in [7, 11) is 3.41. The number of benzene rings is 1. The van der Waals surface area contributed by atoms with Crippen LogP contribution in [-0.4, -0.2) is 51.3 Å². The van der Waals surface area contributed by atoms with Crippen LogP contribution in [0.5, 0.6) is 11.5 Å². The third-order valence-corrected chi connectivity index (χ3v) is 4.96. The molecule has 2 heterocycles. The normalized spacial score (nSPS) is 24.5. The van der Waals surface area contributed by atoms with Gasteiger partial charge < -0.3 is 20.5 Å². The van der Waals surface area contributed by atoms with Crippen LogP contribution in [0.3, 0.4) is 0 Å². The fraction of sp³-hybridized carbons (Fsp3) is 0.647. The van der Waals surface area contributed by atoms with E-state index in [0.29, 0.717) is 18.6 Å². The third kappa shape index (κ3) is 2.93. The van der Waals surface area contributed by atoms with Crippen molar-refractivity contribution in [3.05, 3.63) is 23.3 Å². The van der Waals surface area contributed by atoms with E-state index in [1.807, 2.05) is 0 Å². The third-order valence-electron chi connectivity index (χ3n) is 4.96. The second-order valence-corrected chi connectivity index (χ2v) is 6.17. The minimum absolute atomic E-state index is 0.479. The van der Waals surface area contributed by atoms with Gasteiger partial charge in [0.25, 0.3) is 0 Å². The summed E-state index contributed by atoms with van der Waals surface area (Å²) < 4.78 is 10.9. The summed E-state index contributed by atoms with van der Waals surface area (Å²) >= 11 is 0. The molecule has 1 aromatic carbocycles. The first kappa shape index (κ1) is 15.6. The first-order chi connectivity index (χ1) is 10.8. The van der Waals surface area contributed by atoms with Gasteiger partial charge in [-0.15, -0.1) is 0 Å². The van der Waals surface area contributed by atoms with Gasteiger partial charge >= 0.3 is 0 Å². The fourth-order valence-electron chi connectivity index (χ4n) is 3.81. The summed E-state index contributed by atoms with van der Waals surface area (Å²) in [5.41, 5.74) is 8.43. The van der Waals surface area contributed by atoms with E-state index in [-0.39, 0.29) is 0 Å². The van der Waals surface area contributed by atoms with Crippen LogP contribution < -0.4 is 20.5 Å². The lowest BCUT2D eigenvalue weighted by Crippen LogP contribution is -2.47. The van der Waals surface area contributed by atoms with E-state index in [2.05, 4.69) is 22.3 Å². The summed E-state index contributed by atoms with van der Waals surface area (Å²) in [6, 6.07) is 5.37. The summed E-state index contributed by atoms with van der Waals surface area (Å²) in [5, 5.41) is 3.58. The van der Waals surface area contributed by atoms with E-state index < -0.39 is 0 Å². The monoisotopic (exact) mass is 305 g/mol. The van der Waals surface area contributed by atoms with E-state index in [4.69, 9.17) is 15.2 Å². The molecule has 0 unspecified atom stereocenters. The first-order valence-electron chi connectivity index (χ1n) is 8.19. The minimum atomic E-state index is 0.479. The smallest absolute Gasteiger partial charge is 0.161 e. The highest BCUT2D eigenvalue weighted by Gasteiger charge is 2.34. The van der Waals surface area contributed by atoms with Crippen LogP contribution >= 0.6 is 0 Å². The lowest BCUT2D eigenvalue weighted by atomic mass is 9.84. The molecule has 1 aromatic rings. The van der Waals surface area contributed by atoms with Crippen molar-refractivity contribution in [2.45, 2.75) is 31.3 Å². The maximum absolute atomic E-state index is 5.62. The van der Waals surface area contributed by atoms with Crippen LogP contribution in [0.2, 0.25) is 0 Å². The second kappa shape index (κ2) is 6.86. The number of piperidine rings is 1. The van der Waals surface area contributed by atoms with Gasteiger partial charge in [0.2, 0.25) is 0 Å². The van der Waals surface area contributed by atoms with Crippen molar-refractivity contribution in [3.8, 4) is 11.5 Å². The van der Waals surface area contributed by atoms with Gasteiger partial charge in [-0.2, -0.15) is 0 Å². The van der Waals surface area contributed by atoms with E-state index in [1.165, 1.54) is 17.5 Å². The van der Waals surface area contributed by atoms with Gasteiger partial charge in [0.15, 0.2) is 11.5 Å². The van der Waals surface area contributed by atoms with E-state index >= 15 is 0 Å². The van der Waals surface area contributed by atoms with Crippen LogP contribution in [0.25, 0.3) is 0 Å². The lowest BCUT2D eigenvalue weighted by Gasteiger charge is -2.44. The highest BCUT2D eigenvalue weighted by Crippen LogP contribution is 2.41. The first-order valence-corrected chi connectivity index (χ1v) is 8.19. The molecule has 2 aliphatic rings. The summed E-state index contributed by atoms with van der Waals surface area (Å²) in [4.78, 5) is 2.61. The molecule has 0 radical (unpaired) electrons. The molecule has 5 nitrogen and oxygen atoms in total. The zero-order valence-corrected chi connectivity index (χ0v) is 13.6. The number of nitrogens with one attached hydrogen (secondary N) is 1. The average Bonchev–Trinajstić information content (AvgIpc) is 2.58. The minimum Gasteiger partial charge on any atom is -0.493 e. The lowest BCUT2D eigenvalue weighted by molar-refractivity contribution is 0.116. The maximum Gasteiger partial charge on any atom is 0.161 e. The molecule has 0 saturated carbocycles. The van der Waals surface area contributed by atoms with Crippen molar-refractivity contribution in [2.24, 2.45) is 5.73 Å². The van der Waals surface area contributed by atoms with Gasteiger partial charge in [0.05, 0.1) is 14.2 Å². The van der Waals surface area contributed by atoms with Gasteiger partial charge in [-0.1, -0.05) is 0 Å². The highest BCUT2D eigenvalue weighted by molar-refractivity contribution is 5.49. The van der Waals surface area contributed by atoms with Crippen molar-refractivity contribution < 1.29 is 9.47 Å². The average molecular weight is 305 g/mol. The number of nitrogens with zero attached hydrogens (tertiary/aromatic N) is 1. The zero-order chi connectivity index (χ0) is 15.5. The molecule has 3 rings (SSSR count). The summed E-state index contributed by atoms with van der Waals surface area (Å²) in [6.07, 6.45) is 3.44. The van der Waals surface area contributed by atoms with E-state index in [1.54, 1.807) is 14.2 Å². The predicted octanol–water partition coefficient (Wildman–Crippen LogP) is 1.31. The largest absolute Gasteiger partial charge is 0.493 e. The Morgan fingerprint density at radius 3 is 2.73 bits per heavy atom. The van der Waals surface area contributed by atoms with Gasteiger partial charge in [0, 0.05) is 38.3 Å². The molecular weight excluding hydrogens is 278 g/mol. The van der Waals surface area contributed by atoms with Crippen LogP contribution in [0.1, 0.15) is 30.0 Å². The standard InChI is InChI=1S/C17H27N3O2/c1-21-16-9-12-3-7-20-8-4-13(19-6-5-18)10-15(20)14(12)11-17(16)22-2/h9,11,13,15,19H,3-8,10,18H2,1-2H3/t13-,15+/m1/s1. The molecular formula is C17H27N3O2. The van der Waals surface area contributed by atoms with Crippen LogP contribution in [0.4, 0.5) is 0 Å². The quantitative estimate of drug-likeness (QED) is 0.859. The molecule has 122 valence electrons. The molecule has 0 aromatic heterocycles. The number of hydrogen-bond acceptors (Lipinski definition) is 5. The number of methoxy groups -OCH3 is 2. The maximum atomic E-state index is 5.62. The Morgan fingerprint density at radius 2 is 2.00 bits per heavy atom. The Morgan fingerprint density at radius 1 is 1.23 bits per heavy atom. The molecule has 1 fully saturated rings. The van der Waals surface area contributed by atoms with Crippen molar-refractivity contribution in [3.63, 3.8) is 0 Å². The van der Waals surface area contributed by atoms with Crippen LogP contribution in [-0.2, 0) is 6.42 Å². The van der Waals surface area contributed by atoms with E-state index in [0.717, 1.165) is 44.0 Å². The molecule has 1 saturated heterocycles. The highest BCUT2D eigenvalue weighted by atomic mass is 16.5. The summed E-state index contributed by atoms with van der Waals surface area (Å²) in [5.74, 6) is 1.67. The SMILES string of the molecule is COc1cc2c(cc1OC)[C@@H]1C[C@H](NCCN)CCN1CC2. The molecule has 3 N–H and O–H groups in total. The topological polar surface area (TPSA) is 59.8 Å². The van der Waals surface area contributed by atoms with Crippen molar-refractivity contribution in [1.82, 2.24) is 10.2 Å². The Bertz CT molecular complexity index is 521. The number of ether oxygens (including phenoxy) is 2.